The number of hydrogen-bond donors (Lipinski definition) is 3. The summed E-state index contributed by atoms with van der Waals surface area (Å²) < 4.78 is 14.0. The van der Waals surface area contributed by atoms with Gasteiger partial charge in [0.15, 0.2) is 0 Å². The van der Waals surface area contributed by atoms with Crippen LogP contribution in [0.3, 0.4) is 0 Å². The Hall–Kier alpha value is -1.63. The zero-order chi connectivity index (χ0) is 26.1. The Labute approximate surface area is 219 Å². The Bertz CT molecular complexity index is 1160. The molecule has 5 nitrogen and oxygen atoms in total. The summed E-state index contributed by atoms with van der Waals surface area (Å²) in [7, 11) is 0. The van der Waals surface area contributed by atoms with Crippen molar-refractivity contribution in [2.45, 2.75) is 96.9 Å². The van der Waals surface area contributed by atoms with Gasteiger partial charge in [0.1, 0.15) is 11.6 Å². The average molecular weight is 511 g/mol. The van der Waals surface area contributed by atoms with Crippen molar-refractivity contribution in [3.05, 3.63) is 36.0 Å². The average Bonchev–Trinajstić information content (AvgIpc) is 3.23. The number of rotatable bonds is 4. The van der Waals surface area contributed by atoms with Crippen molar-refractivity contribution in [3.63, 3.8) is 0 Å². The second kappa shape index (κ2) is 9.24. The number of fused-ring (bicyclic) bond motifs is 6. The lowest BCUT2D eigenvalue weighted by atomic mass is 9.43. The summed E-state index contributed by atoms with van der Waals surface area (Å²) in [5.41, 5.74) is 0.543. The number of benzene rings is 1. The monoisotopic (exact) mass is 510 g/mol. The van der Waals surface area contributed by atoms with Gasteiger partial charge in [0, 0.05) is 12.6 Å². The van der Waals surface area contributed by atoms with Crippen molar-refractivity contribution < 1.29 is 19.7 Å². The molecular weight excluding hydrogens is 467 g/mol. The minimum atomic E-state index is -0.372. The number of hydrogen-bond acceptors (Lipinski definition) is 5. The minimum Gasteiger partial charge on any atom is -0.393 e. The fourth-order valence-electron chi connectivity index (χ4n) is 9.87. The molecule has 0 amide bonds. The van der Waals surface area contributed by atoms with Gasteiger partial charge >= 0.3 is 0 Å². The Kier molecular flexibility index (Phi) is 6.40. The molecule has 4 fully saturated rings. The molecule has 1 aromatic heterocycles. The summed E-state index contributed by atoms with van der Waals surface area (Å²) in [6.45, 7) is 6.98. The maximum Gasteiger partial charge on any atom is 0.134 e. The van der Waals surface area contributed by atoms with Crippen LogP contribution in [0.4, 0.5) is 4.39 Å². The van der Waals surface area contributed by atoms with Crippen LogP contribution in [-0.2, 0) is 6.42 Å². The first-order valence-corrected chi connectivity index (χ1v) is 14.6. The van der Waals surface area contributed by atoms with Gasteiger partial charge in [-0.05, 0) is 110 Å². The number of aryl methyl sites for hydroxylation is 1. The molecule has 1 unspecified atom stereocenters. The molecule has 0 saturated heterocycles. The van der Waals surface area contributed by atoms with Gasteiger partial charge in [-0.1, -0.05) is 26.8 Å². The third-order valence-corrected chi connectivity index (χ3v) is 12.0. The fraction of sp³-hybridized carbons (Fsp3) is 0.742. The molecule has 4 aliphatic rings. The van der Waals surface area contributed by atoms with Gasteiger partial charge < -0.3 is 15.3 Å². The topological polar surface area (TPSA) is 86.5 Å². The van der Waals surface area contributed by atoms with E-state index >= 15 is 0 Å². The molecule has 0 radical (unpaired) electrons. The van der Waals surface area contributed by atoms with Crippen LogP contribution in [0.15, 0.2) is 24.4 Å². The van der Waals surface area contributed by atoms with Gasteiger partial charge in [-0.3, -0.25) is 0 Å². The molecule has 4 saturated carbocycles. The second-order valence-electron chi connectivity index (χ2n) is 13.5. The van der Waals surface area contributed by atoms with Crippen LogP contribution in [0.2, 0.25) is 0 Å². The third kappa shape index (κ3) is 3.96. The van der Waals surface area contributed by atoms with Crippen molar-refractivity contribution in [1.29, 1.82) is 0 Å². The van der Waals surface area contributed by atoms with E-state index in [9.17, 15) is 19.7 Å². The minimum absolute atomic E-state index is 0.0992. The van der Waals surface area contributed by atoms with E-state index in [-0.39, 0.29) is 40.9 Å². The summed E-state index contributed by atoms with van der Waals surface area (Å²) in [6, 6.07) is 4.95. The summed E-state index contributed by atoms with van der Waals surface area (Å²) in [6.07, 6.45) is 8.62. The number of nitrogens with zero attached hydrogens (tertiary/aromatic N) is 2. The largest absolute Gasteiger partial charge is 0.393 e. The molecule has 0 bridgehead atoms. The number of aromatic nitrogens is 2. The number of halogens is 1. The van der Waals surface area contributed by atoms with Gasteiger partial charge in [0.2, 0.25) is 0 Å². The van der Waals surface area contributed by atoms with Gasteiger partial charge in [-0.15, -0.1) is 0 Å². The molecule has 1 heterocycles. The van der Waals surface area contributed by atoms with Crippen LogP contribution in [0, 0.1) is 52.2 Å². The molecule has 6 rings (SSSR count). The summed E-state index contributed by atoms with van der Waals surface area (Å²) in [5.74, 6) is 2.46. The summed E-state index contributed by atoms with van der Waals surface area (Å²) in [4.78, 5) is 9.06. The van der Waals surface area contributed by atoms with E-state index in [1.807, 2.05) is 6.07 Å². The van der Waals surface area contributed by atoms with E-state index < -0.39 is 0 Å². The first-order valence-electron chi connectivity index (χ1n) is 14.6. The van der Waals surface area contributed by atoms with Gasteiger partial charge in [0.05, 0.1) is 29.2 Å². The Morgan fingerprint density at radius 2 is 1.86 bits per heavy atom. The van der Waals surface area contributed by atoms with Crippen molar-refractivity contribution >= 4 is 10.9 Å². The second-order valence-corrected chi connectivity index (χ2v) is 13.5. The van der Waals surface area contributed by atoms with E-state index in [0.29, 0.717) is 40.5 Å². The predicted molar refractivity (Wildman–Crippen MR) is 141 cm³/mol. The summed E-state index contributed by atoms with van der Waals surface area (Å²) >= 11 is 0. The molecule has 2 aromatic rings. The molecule has 0 aliphatic heterocycles. The number of aliphatic hydroxyl groups is 3. The Balaban J connectivity index is 1.20. The van der Waals surface area contributed by atoms with Crippen molar-refractivity contribution in [1.82, 2.24) is 9.97 Å². The van der Waals surface area contributed by atoms with E-state index in [1.54, 1.807) is 12.3 Å². The summed E-state index contributed by atoms with van der Waals surface area (Å²) in [5, 5.41) is 34.0. The highest BCUT2D eigenvalue weighted by Crippen LogP contribution is 2.68. The first kappa shape index (κ1) is 25.6. The highest BCUT2D eigenvalue weighted by Gasteiger charge is 2.65. The van der Waals surface area contributed by atoms with Crippen molar-refractivity contribution in [2.24, 2.45) is 46.3 Å². The third-order valence-electron chi connectivity index (χ3n) is 12.0. The lowest BCUT2D eigenvalue weighted by Gasteiger charge is -2.63. The van der Waals surface area contributed by atoms with Crippen LogP contribution < -0.4 is 0 Å². The van der Waals surface area contributed by atoms with E-state index in [1.165, 1.54) is 6.07 Å². The smallest absolute Gasteiger partial charge is 0.134 e. The van der Waals surface area contributed by atoms with E-state index in [0.717, 1.165) is 63.6 Å². The molecule has 0 spiro atoms. The first-order chi connectivity index (χ1) is 17.6. The maximum atomic E-state index is 14.0. The zero-order valence-corrected chi connectivity index (χ0v) is 22.5. The van der Waals surface area contributed by atoms with Gasteiger partial charge in [-0.2, -0.15) is 0 Å². The molecular formula is C31H43FN2O3. The molecule has 37 heavy (non-hydrogen) atoms. The maximum absolute atomic E-state index is 14.0. The van der Waals surface area contributed by atoms with Gasteiger partial charge in [-0.25, -0.2) is 14.4 Å². The molecule has 1 aromatic carbocycles. The lowest BCUT2D eigenvalue weighted by Crippen LogP contribution is -2.62. The molecule has 11 atom stereocenters. The molecule has 6 heteroatoms. The van der Waals surface area contributed by atoms with E-state index in [2.05, 4.69) is 30.7 Å². The van der Waals surface area contributed by atoms with Crippen LogP contribution in [0.25, 0.3) is 10.9 Å². The van der Waals surface area contributed by atoms with Crippen molar-refractivity contribution in [3.8, 4) is 0 Å². The van der Waals surface area contributed by atoms with Crippen LogP contribution in [0.5, 0.6) is 0 Å². The SMILES string of the molecule is C[C@H](CCc1ncc2c(F)cccc2n1)[C@H]1CC[C@H]2[C@H]3C(C[C@H](O)[C@]12C)[C@@]1(C)CC[C@@H](O)C[C@H]1C[C@H]3O. The Morgan fingerprint density at radius 1 is 1.05 bits per heavy atom. The van der Waals surface area contributed by atoms with Crippen LogP contribution in [0.1, 0.15) is 78.0 Å². The fourth-order valence-corrected chi connectivity index (χ4v) is 9.87. The molecule has 4 aliphatic carbocycles. The quantitative estimate of drug-likeness (QED) is 0.520. The van der Waals surface area contributed by atoms with E-state index in [4.69, 9.17) is 0 Å². The lowest BCUT2D eigenvalue weighted by molar-refractivity contribution is -0.207. The zero-order valence-electron chi connectivity index (χ0n) is 22.5. The predicted octanol–water partition coefficient (Wildman–Crippen LogP) is 5.30. The molecule has 3 N–H and O–H groups in total. The normalized spacial score (nSPS) is 44.2. The highest BCUT2D eigenvalue weighted by atomic mass is 19.1. The standard InChI is InChI=1S/C31H43FN2O3/c1-17(7-10-28-33-16-20-24(32)5-4-6-25(20)34-28)21-8-9-22-29-23(15-27(37)31(21,22)3)30(2)12-11-19(35)13-18(30)14-26(29)36/h4-6,16-19,21-23,26-27,29,35-37H,7-15H2,1-3H3/t17-,18+,19-,21-,22+,23?,26-,27+,29+,30+,31-/m1/s1. The van der Waals surface area contributed by atoms with Crippen LogP contribution >= 0.6 is 0 Å². The highest BCUT2D eigenvalue weighted by molar-refractivity contribution is 5.78. The number of aliphatic hydroxyl groups excluding tert-OH is 3. The van der Waals surface area contributed by atoms with Gasteiger partial charge in [0.25, 0.3) is 0 Å². The van der Waals surface area contributed by atoms with Crippen molar-refractivity contribution in [2.75, 3.05) is 0 Å². The molecule has 202 valence electrons. The van der Waals surface area contributed by atoms with Crippen LogP contribution in [-0.4, -0.2) is 43.6 Å². The Morgan fingerprint density at radius 3 is 2.68 bits per heavy atom.